The van der Waals surface area contributed by atoms with E-state index in [1.165, 1.54) is 6.20 Å². The third-order valence-corrected chi connectivity index (χ3v) is 3.24. The first-order valence-corrected chi connectivity index (χ1v) is 6.54. The zero-order valence-electron chi connectivity index (χ0n) is 11.2. The molecule has 2 aromatic carbocycles. The fourth-order valence-corrected chi connectivity index (χ4v) is 2.20. The molecule has 1 aromatic heterocycles. The van der Waals surface area contributed by atoms with Gasteiger partial charge in [-0.3, -0.25) is 14.7 Å². The largest absolute Gasteiger partial charge is 0.343 e. The molecule has 0 aliphatic carbocycles. The molecular formula is C16H13N3O2. The molecule has 1 heterocycles. The number of carbonyl (C=O) groups excluding carboxylic acids is 2. The zero-order chi connectivity index (χ0) is 14.7. The van der Waals surface area contributed by atoms with Gasteiger partial charge in [0.15, 0.2) is 5.78 Å². The highest BCUT2D eigenvalue weighted by atomic mass is 16.2. The molecule has 0 radical (unpaired) electrons. The average Bonchev–Trinajstić information content (AvgIpc) is 3.06. The number of nitrogens with one attached hydrogen (secondary N) is 2. The maximum absolute atomic E-state index is 12.3. The molecule has 0 aliphatic heterocycles. The Labute approximate surface area is 121 Å². The summed E-state index contributed by atoms with van der Waals surface area (Å²) in [7, 11) is 0. The van der Waals surface area contributed by atoms with Gasteiger partial charge in [0.25, 0.3) is 5.91 Å². The summed E-state index contributed by atoms with van der Waals surface area (Å²) in [5.74, 6) is -0.472. The van der Waals surface area contributed by atoms with Gasteiger partial charge in [0, 0.05) is 11.8 Å². The van der Waals surface area contributed by atoms with Crippen LogP contribution in [0.5, 0.6) is 0 Å². The number of aromatic nitrogens is 2. The van der Waals surface area contributed by atoms with Gasteiger partial charge >= 0.3 is 0 Å². The Balaban J connectivity index is 1.77. The standard InChI is InChI=1S/C16H13N3O2/c20-15(10-17-16(21)14-8-9-18-19-14)13-7-3-5-11-4-1-2-6-12(11)13/h1-9H,10H2,(H,17,21)(H,18,19). The normalized spacial score (nSPS) is 10.5. The Bertz CT molecular complexity index is 789. The van der Waals surface area contributed by atoms with Gasteiger partial charge < -0.3 is 5.32 Å². The van der Waals surface area contributed by atoms with Crippen molar-refractivity contribution in [1.29, 1.82) is 0 Å². The predicted octanol–water partition coefficient (Wildman–Crippen LogP) is 2.18. The Morgan fingerprint density at radius 3 is 2.67 bits per heavy atom. The van der Waals surface area contributed by atoms with Crippen LogP contribution in [0.3, 0.4) is 0 Å². The van der Waals surface area contributed by atoms with E-state index in [2.05, 4.69) is 15.5 Å². The molecule has 104 valence electrons. The summed E-state index contributed by atoms with van der Waals surface area (Å²) in [4.78, 5) is 24.1. The molecule has 21 heavy (non-hydrogen) atoms. The average molecular weight is 279 g/mol. The second kappa shape index (κ2) is 5.58. The van der Waals surface area contributed by atoms with E-state index in [-0.39, 0.29) is 18.2 Å². The van der Waals surface area contributed by atoms with Crippen LogP contribution in [0.25, 0.3) is 10.8 Å². The van der Waals surface area contributed by atoms with Crippen molar-refractivity contribution in [2.45, 2.75) is 0 Å². The van der Waals surface area contributed by atoms with Gasteiger partial charge in [-0.1, -0.05) is 42.5 Å². The first-order valence-electron chi connectivity index (χ1n) is 6.54. The van der Waals surface area contributed by atoms with E-state index in [0.717, 1.165) is 10.8 Å². The molecule has 0 spiro atoms. The van der Waals surface area contributed by atoms with Crippen molar-refractivity contribution in [2.75, 3.05) is 6.54 Å². The summed E-state index contributed by atoms with van der Waals surface area (Å²) in [6.45, 7) is -0.0497. The van der Waals surface area contributed by atoms with E-state index < -0.39 is 0 Å². The van der Waals surface area contributed by atoms with E-state index in [1.54, 1.807) is 12.1 Å². The number of Topliss-reactive ketones (excluding diaryl/α,β-unsaturated/α-hetero) is 1. The first kappa shape index (κ1) is 13.1. The molecule has 2 N–H and O–H groups in total. The zero-order valence-corrected chi connectivity index (χ0v) is 11.2. The Hall–Kier alpha value is -2.95. The Morgan fingerprint density at radius 2 is 1.86 bits per heavy atom. The third kappa shape index (κ3) is 2.67. The number of carbonyl (C=O) groups is 2. The second-order valence-electron chi connectivity index (χ2n) is 4.60. The number of ketones is 1. The number of hydrogen-bond acceptors (Lipinski definition) is 3. The number of fused-ring (bicyclic) bond motifs is 1. The highest BCUT2D eigenvalue weighted by molar-refractivity contribution is 6.10. The van der Waals surface area contributed by atoms with Crippen LogP contribution in [-0.2, 0) is 0 Å². The van der Waals surface area contributed by atoms with Crippen molar-refractivity contribution in [3.63, 3.8) is 0 Å². The molecule has 1 amide bonds. The molecule has 0 saturated carbocycles. The summed E-state index contributed by atoms with van der Waals surface area (Å²) < 4.78 is 0. The molecule has 0 bridgehead atoms. The van der Waals surface area contributed by atoms with Crippen LogP contribution in [0.2, 0.25) is 0 Å². The summed E-state index contributed by atoms with van der Waals surface area (Å²) in [5.41, 5.74) is 0.943. The molecule has 0 atom stereocenters. The van der Waals surface area contributed by atoms with Crippen LogP contribution in [-0.4, -0.2) is 28.4 Å². The molecule has 0 unspecified atom stereocenters. The maximum atomic E-state index is 12.3. The molecule has 0 saturated heterocycles. The van der Waals surface area contributed by atoms with Crippen LogP contribution in [0.15, 0.2) is 54.7 Å². The molecule has 0 aliphatic rings. The molecule has 3 aromatic rings. The topological polar surface area (TPSA) is 74.8 Å². The van der Waals surface area contributed by atoms with Crippen molar-refractivity contribution < 1.29 is 9.59 Å². The molecule has 3 rings (SSSR count). The molecule has 5 nitrogen and oxygen atoms in total. The van der Waals surface area contributed by atoms with Crippen LogP contribution >= 0.6 is 0 Å². The minimum Gasteiger partial charge on any atom is -0.343 e. The van der Waals surface area contributed by atoms with Gasteiger partial charge in [0.2, 0.25) is 0 Å². The number of benzene rings is 2. The smallest absolute Gasteiger partial charge is 0.269 e. The van der Waals surface area contributed by atoms with Gasteiger partial charge in [-0.05, 0) is 16.8 Å². The number of amides is 1. The summed E-state index contributed by atoms with van der Waals surface area (Å²) in [6, 6.07) is 14.8. The maximum Gasteiger partial charge on any atom is 0.269 e. The van der Waals surface area contributed by atoms with Gasteiger partial charge in [0.05, 0.1) is 6.54 Å². The van der Waals surface area contributed by atoms with E-state index in [4.69, 9.17) is 0 Å². The fourth-order valence-electron chi connectivity index (χ4n) is 2.20. The summed E-state index contributed by atoms with van der Waals surface area (Å²) in [5, 5.41) is 10.7. The van der Waals surface area contributed by atoms with Crippen molar-refractivity contribution in [3.8, 4) is 0 Å². The lowest BCUT2D eigenvalue weighted by atomic mass is 10.0. The summed E-state index contributed by atoms with van der Waals surface area (Å²) >= 11 is 0. The SMILES string of the molecule is O=C(NCC(=O)c1cccc2ccccc12)c1ccn[nH]1. The Kier molecular flexibility index (Phi) is 3.47. The van der Waals surface area contributed by atoms with E-state index >= 15 is 0 Å². The Morgan fingerprint density at radius 1 is 1.05 bits per heavy atom. The number of nitrogens with zero attached hydrogens (tertiary/aromatic N) is 1. The third-order valence-electron chi connectivity index (χ3n) is 3.24. The highest BCUT2D eigenvalue weighted by Crippen LogP contribution is 2.18. The van der Waals surface area contributed by atoms with E-state index in [0.29, 0.717) is 11.3 Å². The number of rotatable bonds is 4. The second-order valence-corrected chi connectivity index (χ2v) is 4.60. The molecule has 5 heteroatoms. The number of aromatic amines is 1. The van der Waals surface area contributed by atoms with Crippen LogP contribution in [0.4, 0.5) is 0 Å². The lowest BCUT2D eigenvalue weighted by molar-refractivity contribution is 0.0901. The summed E-state index contributed by atoms with van der Waals surface area (Å²) in [6.07, 6.45) is 1.49. The van der Waals surface area contributed by atoms with E-state index in [1.807, 2.05) is 36.4 Å². The van der Waals surface area contributed by atoms with Gasteiger partial charge in [-0.2, -0.15) is 5.10 Å². The molecular weight excluding hydrogens is 266 g/mol. The lowest BCUT2D eigenvalue weighted by Crippen LogP contribution is -2.29. The van der Waals surface area contributed by atoms with Crippen molar-refractivity contribution >= 4 is 22.5 Å². The fraction of sp³-hybridized carbons (Fsp3) is 0.0625. The van der Waals surface area contributed by atoms with E-state index in [9.17, 15) is 9.59 Å². The quantitative estimate of drug-likeness (QED) is 0.719. The monoisotopic (exact) mass is 279 g/mol. The predicted molar refractivity (Wildman–Crippen MR) is 79.2 cm³/mol. The van der Waals surface area contributed by atoms with Crippen molar-refractivity contribution in [3.05, 3.63) is 66.0 Å². The van der Waals surface area contributed by atoms with Gasteiger partial charge in [-0.15, -0.1) is 0 Å². The van der Waals surface area contributed by atoms with Crippen LogP contribution in [0, 0.1) is 0 Å². The van der Waals surface area contributed by atoms with Crippen molar-refractivity contribution in [2.24, 2.45) is 0 Å². The minimum absolute atomic E-state index is 0.0497. The van der Waals surface area contributed by atoms with Gasteiger partial charge in [-0.25, -0.2) is 0 Å². The molecule has 0 fully saturated rings. The van der Waals surface area contributed by atoms with Crippen LogP contribution in [0.1, 0.15) is 20.8 Å². The van der Waals surface area contributed by atoms with Gasteiger partial charge in [0.1, 0.15) is 5.69 Å². The lowest BCUT2D eigenvalue weighted by Gasteiger charge is -2.06. The number of hydrogen-bond donors (Lipinski definition) is 2. The first-order chi connectivity index (χ1) is 10.3. The van der Waals surface area contributed by atoms with Crippen LogP contribution < -0.4 is 5.32 Å². The van der Waals surface area contributed by atoms with Crippen molar-refractivity contribution in [1.82, 2.24) is 15.5 Å². The number of H-pyrrole nitrogens is 1. The minimum atomic E-state index is -0.346. The highest BCUT2D eigenvalue weighted by Gasteiger charge is 2.12.